The quantitative estimate of drug-likeness (QED) is 0.926. The molecule has 3 nitrogen and oxygen atoms in total. The van der Waals surface area contributed by atoms with Crippen molar-refractivity contribution in [2.75, 3.05) is 0 Å². The van der Waals surface area contributed by atoms with Gasteiger partial charge in [0.1, 0.15) is 5.15 Å². The van der Waals surface area contributed by atoms with Crippen molar-refractivity contribution in [1.82, 2.24) is 9.97 Å². The van der Waals surface area contributed by atoms with E-state index in [0.717, 1.165) is 8.68 Å². The molecule has 0 fully saturated rings. The lowest BCUT2D eigenvalue weighted by molar-refractivity contribution is 0.285. The summed E-state index contributed by atoms with van der Waals surface area (Å²) >= 11 is 10.2. The molecule has 2 aromatic rings. The molecular formula is C7H5ClN2OS3. The zero-order valence-electron chi connectivity index (χ0n) is 6.81. The van der Waals surface area contributed by atoms with E-state index in [-0.39, 0.29) is 6.61 Å². The Morgan fingerprint density at radius 2 is 2.36 bits per heavy atom. The number of rotatable bonds is 3. The van der Waals surface area contributed by atoms with Crippen LogP contribution < -0.4 is 0 Å². The third-order valence-corrected chi connectivity index (χ3v) is 4.77. The summed E-state index contributed by atoms with van der Waals surface area (Å²) in [5.41, 5.74) is 0. The van der Waals surface area contributed by atoms with Crippen molar-refractivity contribution in [3.8, 4) is 0 Å². The SMILES string of the molecule is OCc1sc(Sc2nccs2)nc1Cl. The maximum Gasteiger partial charge on any atom is 0.159 e. The molecule has 0 atom stereocenters. The highest BCUT2D eigenvalue weighted by Gasteiger charge is 2.10. The molecule has 0 radical (unpaired) electrons. The summed E-state index contributed by atoms with van der Waals surface area (Å²) in [7, 11) is 0. The van der Waals surface area contributed by atoms with Crippen LogP contribution >= 0.6 is 46.0 Å². The highest BCUT2D eigenvalue weighted by Crippen LogP contribution is 2.35. The van der Waals surface area contributed by atoms with E-state index in [1.54, 1.807) is 17.5 Å². The van der Waals surface area contributed by atoms with Crippen molar-refractivity contribution in [3.05, 3.63) is 21.6 Å². The predicted molar refractivity (Wildman–Crippen MR) is 59.3 cm³/mol. The van der Waals surface area contributed by atoms with E-state index in [2.05, 4.69) is 9.97 Å². The Morgan fingerprint density at radius 3 is 2.93 bits per heavy atom. The van der Waals surface area contributed by atoms with Crippen LogP contribution in [0.25, 0.3) is 0 Å². The fourth-order valence-electron chi connectivity index (χ4n) is 0.789. The average Bonchev–Trinajstić information content (AvgIpc) is 2.76. The van der Waals surface area contributed by atoms with Crippen LogP contribution in [0.1, 0.15) is 4.88 Å². The molecule has 0 saturated carbocycles. The Kier molecular flexibility index (Phi) is 3.40. The first-order valence-corrected chi connectivity index (χ1v) is 6.52. The van der Waals surface area contributed by atoms with E-state index in [1.807, 2.05) is 5.38 Å². The van der Waals surface area contributed by atoms with Crippen LogP contribution in [0.5, 0.6) is 0 Å². The van der Waals surface area contributed by atoms with Gasteiger partial charge in [-0.25, -0.2) is 9.97 Å². The molecule has 14 heavy (non-hydrogen) atoms. The molecule has 0 unspecified atom stereocenters. The number of aliphatic hydroxyl groups is 1. The second-order valence-electron chi connectivity index (χ2n) is 2.25. The van der Waals surface area contributed by atoms with Gasteiger partial charge in [0.15, 0.2) is 8.68 Å². The fourth-order valence-corrected chi connectivity index (χ4v) is 3.91. The Labute approximate surface area is 97.8 Å². The molecule has 2 heterocycles. The standard InChI is InChI=1S/C7H5ClN2OS3/c8-5-4(3-11)13-7(10-5)14-6-9-1-2-12-6/h1-2,11H,3H2. The molecule has 2 aromatic heterocycles. The summed E-state index contributed by atoms with van der Waals surface area (Å²) in [6.45, 7) is -0.0606. The molecule has 0 aliphatic heterocycles. The van der Waals surface area contributed by atoms with Crippen LogP contribution in [0, 0.1) is 0 Å². The summed E-state index contributed by atoms with van der Waals surface area (Å²) in [5.74, 6) is 0. The normalized spacial score (nSPS) is 10.7. The Bertz CT molecular complexity index is 414. The summed E-state index contributed by atoms with van der Waals surface area (Å²) in [6.07, 6.45) is 1.75. The minimum Gasteiger partial charge on any atom is -0.391 e. The van der Waals surface area contributed by atoms with Crippen molar-refractivity contribution in [2.24, 2.45) is 0 Å². The van der Waals surface area contributed by atoms with E-state index >= 15 is 0 Å². The lowest BCUT2D eigenvalue weighted by Gasteiger charge is -1.87. The topological polar surface area (TPSA) is 46.0 Å². The first-order valence-electron chi connectivity index (χ1n) is 3.63. The average molecular weight is 265 g/mol. The number of aliphatic hydroxyl groups excluding tert-OH is 1. The number of thiazole rings is 2. The second-order valence-corrected chi connectivity index (χ2v) is 6.08. The lowest BCUT2D eigenvalue weighted by Crippen LogP contribution is -1.75. The maximum absolute atomic E-state index is 8.92. The number of aromatic nitrogens is 2. The fraction of sp³-hybridized carbons (Fsp3) is 0.143. The minimum absolute atomic E-state index is 0.0606. The Morgan fingerprint density at radius 1 is 1.50 bits per heavy atom. The van der Waals surface area contributed by atoms with Gasteiger partial charge >= 0.3 is 0 Å². The van der Waals surface area contributed by atoms with Gasteiger partial charge in [-0.1, -0.05) is 11.6 Å². The van der Waals surface area contributed by atoms with Gasteiger partial charge in [-0.2, -0.15) is 0 Å². The predicted octanol–water partition coefficient (Wildman–Crippen LogP) is 2.90. The van der Waals surface area contributed by atoms with E-state index < -0.39 is 0 Å². The highest BCUT2D eigenvalue weighted by atomic mass is 35.5. The van der Waals surface area contributed by atoms with Crippen molar-refractivity contribution < 1.29 is 5.11 Å². The summed E-state index contributed by atoms with van der Waals surface area (Å²) in [6, 6.07) is 0. The molecule has 7 heteroatoms. The van der Waals surface area contributed by atoms with Gasteiger partial charge < -0.3 is 5.11 Å². The van der Waals surface area contributed by atoms with Gasteiger partial charge in [0.2, 0.25) is 0 Å². The van der Waals surface area contributed by atoms with Gasteiger partial charge in [0.25, 0.3) is 0 Å². The van der Waals surface area contributed by atoms with Crippen molar-refractivity contribution in [1.29, 1.82) is 0 Å². The zero-order chi connectivity index (χ0) is 9.97. The number of halogens is 1. The van der Waals surface area contributed by atoms with Gasteiger partial charge in [-0.05, 0) is 11.8 Å². The van der Waals surface area contributed by atoms with Crippen LogP contribution in [0.3, 0.4) is 0 Å². The third kappa shape index (κ3) is 2.26. The van der Waals surface area contributed by atoms with Crippen molar-refractivity contribution in [2.45, 2.75) is 15.3 Å². The first kappa shape index (κ1) is 10.4. The highest BCUT2D eigenvalue weighted by molar-refractivity contribution is 8.02. The molecule has 0 saturated heterocycles. The Hall–Kier alpha value is -0.140. The van der Waals surface area contributed by atoms with Gasteiger partial charge in [0.05, 0.1) is 11.5 Å². The van der Waals surface area contributed by atoms with E-state index in [1.165, 1.54) is 23.1 Å². The molecule has 2 rings (SSSR count). The minimum atomic E-state index is -0.0606. The third-order valence-electron chi connectivity index (χ3n) is 1.36. The van der Waals surface area contributed by atoms with E-state index in [4.69, 9.17) is 16.7 Å². The van der Waals surface area contributed by atoms with Crippen molar-refractivity contribution >= 4 is 46.0 Å². The maximum atomic E-state index is 8.92. The van der Waals surface area contributed by atoms with Gasteiger partial charge in [-0.3, -0.25) is 0 Å². The Balaban J connectivity index is 2.17. The van der Waals surface area contributed by atoms with E-state index in [9.17, 15) is 0 Å². The van der Waals surface area contributed by atoms with E-state index in [0.29, 0.717) is 10.0 Å². The van der Waals surface area contributed by atoms with Gasteiger partial charge in [-0.15, -0.1) is 22.7 Å². The van der Waals surface area contributed by atoms with Crippen LogP contribution in [0.15, 0.2) is 20.3 Å². The number of hydrogen-bond donors (Lipinski definition) is 1. The van der Waals surface area contributed by atoms with Crippen LogP contribution in [-0.4, -0.2) is 15.1 Å². The molecule has 1 N–H and O–H groups in total. The van der Waals surface area contributed by atoms with Crippen LogP contribution in [0.4, 0.5) is 0 Å². The van der Waals surface area contributed by atoms with Crippen molar-refractivity contribution in [3.63, 3.8) is 0 Å². The largest absolute Gasteiger partial charge is 0.391 e. The molecule has 0 spiro atoms. The monoisotopic (exact) mass is 264 g/mol. The summed E-state index contributed by atoms with van der Waals surface area (Å²) in [4.78, 5) is 8.93. The molecule has 0 aliphatic rings. The molecule has 74 valence electrons. The van der Waals surface area contributed by atoms with Crippen LogP contribution in [0.2, 0.25) is 5.15 Å². The molecule has 0 aromatic carbocycles. The zero-order valence-corrected chi connectivity index (χ0v) is 10.0. The molecular weight excluding hydrogens is 260 g/mol. The number of nitrogens with zero attached hydrogens (tertiary/aromatic N) is 2. The number of hydrogen-bond acceptors (Lipinski definition) is 6. The summed E-state index contributed by atoms with van der Waals surface area (Å²) in [5, 5.41) is 11.2. The molecule has 0 bridgehead atoms. The molecule has 0 amide bonds. The first-order chi connectivity index (χ1) is 6.79. The second kappa shape index (κ2) is 4.59. The smallest absolute Gasteiger partial charge is 0.159 e. The van der Waals surface area contributed by atoms with Crippen LogP contribution in [-0.2, 0) is 6.61 Å². The lowest BCUT2D eigenvalue weighted by atomic mass is 10.6. The molecule has 0 aliphatic carbocycles. The van der Waals surface area contributed by atoms with Gasteiger partial charge in [0, 0.05) is 11.6 Å². The summed E-state index contributed by atoms with van der Waals surface area (Å²) < 4.78 is 1.74.